The summed E-state index contributed by atoms with van der Waals surface area (Å²) in [7, 11) is 0. The zero-order valence-corrected chi connectivity index (χ0v) is 14.1. The summed E-state index contributed by atoms with van der Waals surface area (Å²) in [5.74, 6) is 0.470. The van der Waals surface area contributed by atoms with E-state index in [0.717, 1.165) is 11.1 Å². The van der Waals surface area contributed by atoms with Gasteiger partial charge in [-0.2, -0.15) is 0 Å². The minimum atomic E-state index is -0.454. The largest absolute Gasteiger partial charge is 0.482 e. The molecule has 0 saturated heterocycles. The van der Waals surface area contributed by atoms with Crippen molar-refractivity contribution in [3.8, 4) is 17.1 Å². The van der Waals surface area contributed by atoms with Gasteiger partial charge in [0.25, 0.3) is 0 Å². The standard InChI is InChI=1S/C20H18O5/c1-3-23-20(22)12-24-15-8-9-18-16(10-15)17(21)11-19(25-18)14-6-4-13(2)5-7-14/h4-11H,3,12H2,1-2H3. The Morgan fingerprint density at radius 2 is 1.84 bits per heavy atom. The summed E-state index contributed by atoms with van der Waals surface area (Å²) in [6, 6.07) is 14.1. The molecule has 5 heteroatoms. The number of rotatable bonds is 5. The van der Waals surface area contributed by atoms with Crippen LogP contribution in [-0.4, -0.2) is 19.2 Å². The number of carbonyl (C=O) groups is 1. The highest BCUT2D eigenvalue weighted by molar-refractivity contribution is 5.80. The Labute approximate surface area is 144 Å². The van der Waals surface area contributed by atoms with E-state index in [4.69, 9.17) is 13.9 Å². The van der Waals surface area contributed by atoms with Crippen molar-refractivity contribution < 1.29 is 18.7 Å². The number of hydrogen-bond donors (Lipinski definition) is 0. The first kappa shape index (κ1) is 16.8. The van der Waals surface area contributed by atoms with Crippen LogP contribution in [0, 0.1) is 6.92 Å². The SMILES string of the molecule is CCOC(=O)COc1ccc2oc(-c3ccc(C)cc3)cc(=O)c2c1. The molecule has 0 aliphatic heterocycles. The van der Waals surface area contributed by atoms with E-state index in [2.05, 4.69) is 0 Å². The zero-order valence-electron chi connectivity index (χ0n) is 14.1. The second-order valence-electron chi connectivity index (χ2n) is 5.59. The van der Waals surface area contributed by atoms with E-state index in [1.807, 2.05) is 31.2 Å². The van der Waals surface area contributed by atoms with E-state index >= 15 is 0 Å². The maximum absolute atomic E-state index is 12.4. The van der Waals surface area contributed by atoms with Gasteiger partial charge >= 0.3 is 5.97 Å². The molecule has 0 atom stereocenters. The smallest absolute Gasteiger partial charge is 0.344 e. The number of benzene rings is 2. The lowest BCUT2D eigenvalue weighted by Crippen LogP contribution is -2.14. The molecular formula is C20H18O5. The molecule has 1 aromatic heterocycles. The number of fused-ring (bicyclic) bond motifs is 1. The fourth-order valence-corrected chi connectivity index (χ4v) is 2.43. The second kappa shape index (κ2) is 7.21. The normalized spacial score (nSPS) is 10.6. The third kappa shape index (κ3) is 3.88. The van der Waals surface area contributed by atoms with Crippen molar-refractivity contribution in [1.82, 2.24) is 0 Å². The van der Waals surface area contributed by atoms with Crippen LogP contribution in [-0.2, 0) is 9.53 Å². The van der Waals surface area contributed by atoms with Crippen LogP contribution in [0.4, 0.5) is 0 Å². The Morgan fingerprint density at radius 3 is 2.56 bits per heavy atom. The molecule has 0 bridgehead atoms. The molecule has 3 rings (SSSR count). The molecule has 2 aromatic carbocycles. The number of hydrogen-bond acceptors (Lipinski definition) is 5. The Balaban J connectivity index is 1.90. The van der Waals surface area contributed by atoms with Crippen LogP contribution < -0.4 is 10.2 Å². The van der Waals surface area contributed by atoms with Crippen LogP contribution in [0.15, 0.2) is 57.7 Å². The first-order chi connectivity index (χ1) is 12.1. The van der Waals surface area contributed by atoms with Gasteiger partial charge in [-0.3, -0.25) is 4.79 Å². The van der Waals surface area contributed by atoms with Gasteiger partial charge in [-0.1, -0.05) is 29.8 Å². The molecule has 0 N–H and O–H groups in total. The van der Waals surface area contributed by atoms with E-state index in [1.165, 1.54) is 6.07 Å². The third-order valence-electron chi connectivity index (χ3n) is 3.70. The van der Waals surface area contributed by atoms with Crippen LogP contribution >= 0.6 is 0 Å². The fourth-order valence-electron chi connectivity index (χ4n) is 2.43. The summed E-state index contributed by atoms with van der Waals surface area (Å²) in [6.07, 6.45) is 0. The van der Waals surface area contributed by atoms with Crippen LogP contribution in [0.2, 0.25) is 0 Å². The zero-order chi connectivity index (χ0) is 17.8. The highest BCUT2D eigenvalue weighted by Gasteiger charge is 2.09. The van der Waals surface area contributed by atoms with Gasteiger partial charge in [0.05, 0.1) is 12.0 Å². The first-order valence-electron chi connectivity index (χ1n) is 8.00. The summed E-state index contributed by atoms with van der Waals surface area (Å²) in [4.78, 5) is 23.8. The number of carbonyl (C=O) groups excluding carboxylic acids is 1. The molecule has 0 unspecified atom stereocenters. The molecule has 0 saturated carbocycles. The van der Waals surface area contributed by atoms with E-state index < -0.39 is 5.97 Å². The van der Waals surface area contributed by atoms with Gasteiger partial charge in [0.15, 0.2) is 12.0 Å². The van der Waals surface area contributed by atoms with Crippen LogP contribution in [0.1, 0.15) is 12.5 Å². The molecule has 0 aliphatic rings. The second-order valence-corrected chi connectivity index (χ2v) is 5.59. The lowest BCUT2D eigenvalue weighted by Gasteiger charge is -2.07. The van der Waals surface area contributed by atoms with Crippen molar-refractivity contribution in [3.05, 3.63) is 64.3 Å². The predicted molar refractivity (Wildman–Crippen MR) is 94.8 cm³/mol. The predicted octanol–water partition coefficient (Wildman–Crippen LogP) is 3.71. The summed E-state index contributed by atoms with van der Waals surface area (Å²) >= 11 is 0. The Kier molecular flexibility index (Phi) is 4.84. The maximum atomic E-state index is 12.4. The lowest BCUT2D eigenvalue weighted by molar-refractivity contribution is -0.145. The van der Waals surface area contributed by atoms with Crippen LogP contribution in [0.25, 0.3) is 22.3 Å². The molecule has 25 heavy (non-hydrogen) atoms. The molecule has 5 nitrogen and oxygen atoms in total. The van der Waals surface area contributed by atoms with Gasteiger partial charge in [-0.15, -0.1) is 0 Å². The molecule has 0 radical (unpaired) electrons. The minimum absolute atomic E-state index is 0.168. The van der Waals surface area contributed by atoms with Gasteiger partial charge in [0, 0.05) is 11.6 Å². The Morgan fingerprint density at radius 1 is 1.08 bits per heavy atom. The van der Waals surface area contributed by atoms with Crippen molar-refractivity contribution in [2.24, 2.45) is 0 Å². The van der Waals surface area contributed by atoms with Crippen molar-refractivity contribution in [2.45, 2.75) is 13.8 Å². The van der Waals surface area contributed by atoms with E-state index in [1.54, 1.807) is 25.1 Å². The van der Waals surface area contributed by atoms with Gasteiger partial charge in [-0.05, 0) is 32.0 Å². The highest BCUT2D eigenvalue weighted by Crippen LogP contribution is 2.25. The molecular weight excluding hydrogens is 320 g/mol. The maximum Gasteiger partial charge on any atom is 0.344 e. The van der Waals surface area contributed by atoms with Crippen molar-refractivity contribution in [1.29, 1.82) is 0 Å². The summed E-state index contributed by atoms with van der Waals surface area (Å²) < 4.78 is 16.0. The van der Waals surface area contributed by atoms with Crippen molar-refractivity contribution in [3.63, 3.8) is 0 Å². The van der Waals surface area contributed by atoms with Gasteiger partial charge in [0.1, 0.15) is 17.1 Å². The number of aryl methyl sites for hydroxylation is 1. The first-order valence-corrected chi connectivity index (χ1v) is 8.00. The monoisotopic (exact) mass is 338 g/mol. The topological polar surface area (TPSA) is 65.7 Å². The summed E-state index contributed by atoms with van der Waals surface area (Å²) in [5, 5.41) is 0.400. The fraction of sp³-hybridized carbons (Fsp3) is 0.200. The molecule has 1 heterocycles. The summed E-state index contributed by atoms with van der Waals surface area (Å²) in [5.41, 5.74) is 2.27. The number of esters is 1. The number of ether oxygens (including phenoxy) is 2. The van der Waals surface area contributed by atoms with E-state index in [0.29, 0.717) is 29.1 Å². The van der Waals surface area contributed by atoms with Crippen LogP contribution in [0.5, 0.6) is 5.75 Å². The van der Waals surface area contributed by atoms with Crippen molar-refractivity contribution in [2.75, 3.05) is 13.2 Å². The molecule has 0 spiro atoms. The molecule has 3 aromatic rings. The van der Waals surface area contributed by atoms with Gasteiger partial charge < -0.3 is 13.9 Å². The van der Waals surface area contributed by atoms with E-state index in [-0.39, 0.29) is 12.0 Å². The lowest BCUT2D eigenvalue weighted by atomic mass is 10.1. The van der Waals surface area contributed by atoms with Gasteiger partial charge in [-0.25, -0.2) is 4.79 Å². The third-order valence-corrected chi connectivity index (χ3v) is 3.70. The van der Waals surface area contributed by atoms with E-state index in [9.17, 15) is 9.59 Å². The van der Waals surface area contributed by atoms with Crippen LogP contribution in [0.3, 0.4) is 0 Å². The van der Waals surface area contributed by atoms with Crippen molar-refractivity contribution >= 4 is 16.9 Å². The minimum Gasteiger partial charge on any atom is -0.482 e. The van der Waals surface area contributed by atoms with Gasteiger partial charge in [0.2, 0.25) is 0 Å². The Bertz CT molecular complexity index is 954. The average Bonchev–Trinajstić information content (AvgIpc) is 2.61. The quantitative estimate of drug-likeness (QED) is 0.664. The molecule has 0 amide bonds. The molecule has 0 aliphatic carbocycles. The molecule has 0 fully saturated rings. The molecule has 128 valence electrons. The average molecular weight is 338 g/mol. The Hall–Kier alpha value is -3.08. The highest BCUT2D eigenvalue weighted by atomic mass is 16.6. The summed E-state index contributed by atoms with van der Waals surface area (Å²) in [6.45, 7) is 3.82.